The third-order valence-corrected chi connectivity index (χ3v) is 3.04. The van der Waals surface area contributed by atoms with Crippen LogP contribution in [0.2, 0.25) is 0 Å². The summed E-state index contributed by atoms with van der Waals surface area (Å²) in [6.07, 6.45) is 1.34. The van der Waals surface area contributed by atoms with E-state index < -0.39 is 0 Å². The highest BCUT2D eigenvalue weighted by Gasteiger charge is 2.21. The number of primary amides is 1. The van der Waals surface area contributed by atoms with Gasteiger partial charge in [-0.3, -0.25) is 4.79 Å². The number of nitrogens with two attached hydrogens (primary N) is 1. The van der Waals surface area contributed by atoms with E-state index in [1.165, 1.54) is 5.69 Å². The molecule has 1 aromatic heterocycles. The lowest BCUT2D eigenvalue weighted by Gasteiger charge is -2.20. The van der Waals surface area contributed by atoms with Crippen molar-refractivity contribution < 1.29 is 4.79 Å². The summed E-state index contributed by atoms with van der Waals surface area (Å²) in [5, 5.41) is 3.29. The Hall–Kier alpha value is -1.36. The number of fused-ring (bicyclic) bond motifs is 1. The number of aromatic nitrogens is 2. The number of carbonyl (C=O) groups excluding carboxylic acids is 1. The Labute approximate surface area is 95.0 Å². The summed E-state index contributed by atoms with van der Waals surface area (Å²) < 4.78 is 2.15. The van der Waals surface area contributed by atoms with Gasteiger partial charge in [0.05, 0.1) is 5.69 Å². The van der Waals surface area contributed by atoms with Gasteiger partial charge in [-0.1, -0.05) is 0 Å². The number of carbonyl (C=O) groups is 1. The smallest absolute Gasteiger partial charge is 0.219 e. The number of nitrogens with zero attached hydrogens (tertiary/aromatic N) is 2. The van der Waals surface area contributed by atoms with Crippen molar-refractivity contribution in [1.29, 1.82) is 0 Å². The summed E-state index contributed by atoms with van der Waals surface area (Å²) in [6.45, 7) is 5.80. The molecule has 0 aliphatic carbocycles. The molecule has 2 rings (SSSR count). The molecule has 1 amide bonds. The van der Waals surface area contributed by atoms with Gasteiger partial charge in [0.25, 0.3) is 0 Å². The minimum absolute atomic E-state index is 0.104. The Morgan fingerprint density at radius 3 is 3.12 bits per heavy atom. The van der Waals surface area contributed by atoms with Crippen molar-refractivity contribution in [3.8, 4) is 0 Å². The molecule has 1 unspecified atom stereocenters. The van der Waals surface area contributed by atoms with Crippen LogP contribution in [0.5, 0.6) is 0 Å². The lowest BCUT2D eigenvalue weighted by Crippen LogP contribution is -2.26. The molecule has 5 nitrogen and oxygen atoms in total. The van der Waals surface area contributed by atoms with Gasteiger partial charge in [0.1, 0.15) is 5.82 Å². The second-order valence-corrected chi connectivity index (χ2v) is 4.37. The fourth-order valence-electron chi connectivity index (χ4n) is 2.44. The van der Waals surface area contributed by atoms with E-state index in [1.54, 1.807) is 0 Å². The quantitative estimate of drug-likeness (QED) is 0.771. The van der Waals surface area contributed by atoms with Crippen LogP contribution >= 0.6 is 0 Å². The number of hydrogen-bond donors (Lipinski definition) is 2. The number of amides is 1. The molecule has 0 fully saturated rings. The predicted octanol–water partition coefficient (Wildman–Crippen LogP) is 0.274. The molecule has 0 aromatic carbocycles. The van der Waals surface area contributed by atoms with E-state index in [1.807, 2.05) is 13.8 Å². The van der Waals surface area contributed by atoms with Crippen molar-refractivity contribution in [3.05, 3.63) is 17.2 Å². The van der Waals surface area contributed by atoms with E-state index in [-0.39, 0.29) is 11.9 Å². The highest BCUT2D eigenvalue weighted by atomic mass is 16.1. The van der Waals surface area contributed by atoms with Crippen LogP contribution in [-0.2, 0) is 17.8 Å². The Balaban J connectivity index is 2.32. The van der Waals surface area contributed by atoms with Gasteiger partial charge in [-0.25, -0.2) is 4.98 Å². The van der Waals surface area contributed by atoms with E-state index in [9.17, 15) is 4.79 Å². The van der Waals surface area contributed by atoms with Crippen LogP contribution in [0.15, 0.2) is 0 Å². The van der Waals surface area contributed by atoms with E-state index in [4.69, 9.17) is 5.73 Å². The number of nitrogens with one attached hydrogen (secondary N) is 1. The topological polar surface area (TPSA) is 72.9 Å². The molecule has 0 bridgehead atoms. The molecule has 5 heteroatoms. The molecule has 3 N–H and O–H groups in total. The first-order valence-electron chi connectivity index (χ1n) is 5.65. The first-order chi connectivity index (χ1) is 7.59. The molecule has 0 radical (unpaired) electrons. The average Bonchev–Trinajstić information content (AvgIpc) is 2.52. The van der Waals surface area contributed by atoms with Crippen LogP contribution in [0.3, 0.4) is 0 Å². The third-order valence-electron chi connectivity index (χ3n) is 3.04. The standard InChI is InChI=1S/C11H18N4O/c1-7(5-11(12)16)15-8(2)14-9-6-13-4-3-10(9)15/h7,13H,3-6H2,1-2H3,(H2,12,16). The van der Waals surface area contributed by atoms with Gasteiger partial charge in [0.15, 0.2) is 0 Å². The van der Waals surface area contributed by atoms with E-state index in [0.29, 0.717) is 6.42 Å². The molecule has 1 aliphatic heterocycles. The van der Waals surface area contributed by atoms with Gasteiger partial charge in [-0.15, -0.1) is 0 Å². The van der Waals surface area contributed by atoms with E-state index >= 15 is 0 Å². The zero-order chi connectivity index (χ0) is 11.7. The molecule has 1 aliphatic rings. The third kappa shape index (κ3) is 1.95. The van der Waals surface area contributed by atoms with Crippen molar-refractivity contribution in [3.63, 3.8) is 0 Å². The molecule has 0 saturated carbocycles. The van der Waals surface area contributed by atoms with Crippen LogP contribution in [0.4, 0.5) is 0 Å². The average molecular weight is 222 g/mol. The number of rotatable bonds is 3. The minimum atomic E-state index is -0.261. The summed E-state index contributed by atoms with van der Waals surface area (Å²) in [7, 11) is 0. The lowest BCUT2D eigenvalue weighted by molar-refractivity contribution is -0.118. The zero-order valence-electron chi connectivity index (χ0n) is 9.79. The first kappa shape index (κ1) is 11.1. The number of aryl methyl sites for hydroxylation is 1. The van der Waals surface area contributed by atoms with Crippen LogP contribution in [0, 0.1) is 6.92 Å². The number of hydrogen-bond acceptors (Lipinski definition) is 3. The van der Waals surface area contributed by atoms with Crippen molar-refractivity contribution in [1.82, 2.24) is 14.9 Å². The maximum absolute atomic E-state index is 11.0. The van der Waals surface area contributed by atoms with Crippen molar-refractivity contribution in [2.45, 2.75) is 39.3 Å². The molecule has 88 valence electrons. The molecular formula is C11H18N4O. The summed E-state index contributed by atoms with van der Waals surface area (Å²) in [5.41, 5.74) is 7.61. The van der Waals surface area contributed by atoms with Crippen molar-refractivity contribution in [2.24, 2.45) is 5.73 Å². The van der Waals surface area contributed by atoms with Crippen LogP contribution in [0.25, 0.3) is 0 Å². The van der Waals surface area contributed by atoms with Gasteiger partial charge >= 0.3 is 0 Å². The highest BCUT2D eigenvalue weighted by molar-refractivity contribution is 5.74. The van der Waals surface area contributed by atoms with Crippen molar-refractivity contribution >= 4 is 5.91 Å². The summed E-state index contributed by atoms with van der Waals surface area (Å²) in [6, 6.07) is 0.104. The van der Waals surface area contributed by atoms with E-state index in [0.717, 1.165) is 31.0 Å². The molecule has 1 atom stereocenters. The number of imidazole rings is 1. The summed E-state index contributed by atoms with van der Waals surface area (Å²) >= 11 is 0. The van der Waals surface area contributed by atoms with Crippen LogP contribution < -0.4 is 11.1 Å². The fourth-order valence-corrected chi connectivity index (χ4v) is 2.44. The van der Waals surface area contributed by atoms with Crippen LogP contribution in [-0.4, -0.2) is 22.0 Å². The summed E-state index contributed by atoms with van der Waals surface area (Å²) in [4.78, 5) is 15.5. The molecule has 0 spiro atoms. The summed E-state index contributed by atoms with van der Waals surface area (Å²) in [5.74, 6) is 0.714. The second kappa shape index (κ2) is 4.25. The van der Waals surface area contributed by atoms with Gasteiger partial charge in [0, 0.05) is 37.7 Å². The Morgan fingerprint density at radius 2 is 2.44 bits per heavy atom. The van der Waals surface area contributed by atoms with Crippen molar-refractivity contribution in [2.75, 3.05) is 6.54 Å². The normalized spacial score (nSPS) is 16.9. The molecule has 2 heterocycles. The fraction of sp³-hybridized carbons (Fsp3) is 0.636. The monoisotopic (exact) mass is 222 g/mol. The Bertz CT molecular complexity index is 410. The Kier molecular flexibility index (Phi) is 2.96. The van der Waals surface area contributed by atoms with Gasteiger partial charge < -0.3 is 15.6 Å². The highest BCUT2D eigenvalue weighted by Crippen LogP contribution is 2.22. The largest absolute Gasteiger partial charge is 0.370 e. The van der Waals surface area contributed by atoms with Gasteiger partial charge in [-0.2, -0.15) is 0 Å². The molecule has 0 saturated heterocycles. The maximum Gasteiger partial charge on any atom is 0.219 e. The maximum atomic E-state index is 11.0. The van der Waals surface area contributed by atoms with Gasteiger partial charge in [0.2, 0.25) is 5.91 Å². The second-order valence-electron chi connectivity index (χ2n) is 4.37. The molecule has 16 heavy (non-hydrogen) atoms. The van der Waals surface area contributed by atoms with E-state index in [2.05, 4.69) is 14.9 Å². The van der Waals surface area contributed by atoms with Gasteiger partial charge in [-0.05, 0) is 13.8 Å². The molecule has 1 aromatic rings. The predicted molar refractivity (Wildman–Crippen MR) is 60.9 cm³/mol. The lowest BCUT2D eigenvalue weighted by atomic mass is 10.1. The Morgan fingerprint density at radius 1 is 1.69 bits per heavy atom. The zero-order valence-corrected chi connectivity index (χ0v) is 9.79. The SMILES string of the molecule is Cc1nc2c(n1C(C)CC(N)=O)CCNC2. The van der Waals surface area contributed by atoms with Crippen LogP contribution in [0.1, 0.15) is 36.6 Å². The minimum Gasteiger partial charge on any atom is -0.370 e. The molecular weight excluding hydrogens is 204 g/mol. The first-order valence-corrected chi connectivity index (χ1v) is 5.65.